The molecule has 1 aromatic carbocycles. The van der Waals surface area contributed by atoms with E-state index in [0.29, 0.717) is 24.6 Å². The molecule has 0 unspecified atom stereocenters. The van der Waals surface area contributed by atoms with E-state index in [-0.39, 0.29) is 11.9 Å². The van der Waals surface area contributed by atoms with E-state index in [2.05, 4.69) is 32.7 Å². The first-order valence-corrected chi connectivity index (χ1v) is 9.00. The van der Waals surface area contributed by atoms with Gasteiger partial charge in [0.1, 0.15) is 5.69 Å². The molecule has 0 bridgehead atoms. The fraction of sp³-hybridized carbons (Fsp3) is 0.294. The molecule has 3 aromatic rings. The zero-order valence-corrected chi connectivity index (χ0v) is 14.9. The van der Waals surface area contributed by atoms with Crippen LogP contribution in [0.5, 0.6) is 0 Å². The van der Waals surface area contributed by atoms with Crippen molar-refractivity contribution in [1.82, 2.24) is 20.0 Å². The third-order valence-corrected chi connectivity index (χ3v) is 4.46. The number of benzene rings is 1. The van der Waals surface area contributed by atoms with Gasteiger partial charge in [-0.25, -0.2) is 0 Å². The molecule has 0 aliphatic carbocycles. The second-order valence-electron chi connectivity index (χ2n) is 5.35. The first-order chi connectivity index (χ1) is 12.2. The van der Waals surface area contributed by atoms with Gasteiger partial charge in [-0.3, -0.25) is 14.8 Å². The van der Waals surface area contributed by atoms with Gasteiger partial charge < -0.3 is 4.42 Å². The third kappa shape index (κ3) is 4.48. The Morgan fingerprint density at radius 1 is 1.28 bits per heavy atom. The average Bonchev–Trinajstić information content (AvgIpc) is 3.22. The summed E-state index contributed by atoms with van der Waals surface area (Å²) in [6, 6.07) is 11.9. The van der Waals surface area contributed by atoms with Crippen LogP contribution in [0.3, 0.4) is 0 Å². The fourth-order valence-electron chi connectivity index (χ4n) is 2.31. The summed E-state index contributed by atoms with van der Waals surface area (Å²) in [5.74, 6) is 1.01. The largest absolute Gasteiger partial charge is 0.408 e. The smallest absolute Gasteiger partial charge is 0.322 e. The molecule has 1 amide bonds. The van der Waals surface area contributed by atoms with E-state index in [4.69, 9.17) is 4.42 Å². The van der Waals surface area contributed by atoms with Crippen molar-refractivity contribution in [1.29, 1.82) is 0 Å². The first kappa shape index (κ1) is 17.2. The number of nitrogens with zero attached hydrogens (tertiary/aromatic N) is 4. The van der Waals surface area contributed by atoms with E-state index in [1.165, 1.54) is 4.90 Å². The van der Waals surface area contributed by atoms with Gasteiger partial charge in [0, 0.05) is 23.6 Å². The molecule has 2 heterocycles. The number of aromatic nitrogens is 4. The number of carbonyl (C=O) groups excluding carboxylic acids is 1. The molecule has 0 spiro atoms. The van der Waals surface area contributed by atoms with E-state index < -0.39 is 0 Å². The molecule has 0 saturated heterocycles. The number of rotatable bonds is 7. The van der Waals surface area contributed by atoms with E-state index in [9.17, 15) is 4.79 Å². The summed E-state index contributed by atoms with van der Waals surface area (Å²) in [5.41, 5.74) is 1.26. The number of hydrogen-bond acceptors (Lipinski definition) is 6. The summed E-state index contributed by atoms with van der Waals surface area (Å²) in [4.78, 5) is 13.5. The van der Waals surface area contributed by atoms with Gasteiger partial charge in [-0.15, -0.1) is 16.9 Å². The van der Waals surface area contributed by atoms with E-state index >= 15 is 0 Å². The summed E-state index contributed by atoms with van der Waals surface area (Å²) in [6.45, 7) is 4.39. The number of nitrogens with one attached hydrogen (secondary N) is 1. The number of carbonyl (C=O) groups is 1. The normalized spacial score (nSPS) is 10.8. The Kier molecular flexibility index (Phi) is 5.49. The lowest BCUT2D eigenvalue weighted by Gasteiger charge is -2.02. The maximum atomic E-state index is 12.3. The molecule has 130 valence electrons. The molecule has 25 heavy (non-hydrogen) atoms. The van der Waals surface area contributed by atoms with E-state index in [1.807, 2.05) is 32.0 Å². The van der Waals surface area contributed by atoms with E-state index in [1.54, 1.807) is 22.5 Å². The second kappa shape index (κ2) is 7.98. The molecular formula is C17H19N5O2S. The SMILES string of the molecule is CCn1nc(C)cc1C(=O)Nc1nnc(CCSc2ccccc2)o1. The van der Waals surface area contributed by atoms with Crippen LogP contribution in [0.15, 0.2) is 45.7 Å². The summed E-state index contributed by atoms with van der Waals surface area (Å²) < 4.78 is 7.13. The highest BCUT2D eigenvalue weighted by atomic mass is 32.2. The number of anilines is 1. The highest BCUT2D eigenvalue weighted by Gasteiger charge is 2.16. The Balaban J connectivity index is 1.55. The summed E-state index contributed by atoms with van der Waals surface area (Å²) >= 11 is 1.72. The predicted octanol–water partition coefficient (Wildman–Crippen LogP) is 3.18. The number of aryl methyl sites for hydroxylation is 3. The lowest BCUT2D eigenvalue weighted by Crippen LogP contribution is -2.17. The minimum atomic E-state index is -0.309. The summed E-state index contributed by atoms with van der Waals surface area (Å²) in [7, 11) is 0. The monoisotopic (exact) mass is 357 g/mol. The van der Waals surface area contributed by atoms with Gasteiger partial charge in [-0.1, -0.05) is 23.3 Å². The molecule has 0 saturated carbocycles. The minimum absolute atomic E-state index is 0.103. The Morgan fingerprint density at radius 3 is 2.84 bits per heavy atom. The Labute approximate surface area is 149 Å². The second-order valence-corrected chi connectivity index (χ2v) is 6.52. The van der Waals surface area contributed by atoms with Crippen LogP contribution >= 0.6 is 11.8 Å². The predicted molar refractivity (Wildman–Crippen MR) is 95.8 cm³/mol. The van der Waals surface area contributed by atoms with Crippen molar-refractivity contribution in [2.45, 2.75) is 31.7 Å². The zero-order chi connectivity index (χ0) is 17.6. The molecule has 0 aliphatic heterocycles. The lowest BCUT2D eigenvalue weighted by molar-refractivity contribution is 0.101. The van der Waals surface area contributed by atoms with Gasteiger partial charge >= 0.3 is 6.01 Å². The van der Waals surface area contributed by atoms with Crippen molar-refractivity contribution in [3.05, 3.63) is 53.7 Å². The molecule has 2 aromatic heterocycles. The van der Waals surface area contributed by atoms with Crippen LogP contribution in [0.4, 0.5) is 6.01 Å². The van der Waals surface area contributed by atoms with Crippen molar-refractivity contribution >= 4 is 23.7 Å². The molecular weight excluding hydrogens is 338 g/mol. The third-order valence-electron chi connectivity index (χ3n) is 3.45. The Hall–Kier alpha value is -2.61. The van der Waals surface area contributed by atoms with Crippen molar-refractivity contribution in [3.63, 3.8) is 0 Å². The maximum absolute atomic E-state index is 12.3. The van der Waals surface area contributed by atoms with Gasteiger partial charge in [-0.05, 0) is 32.0 Å². The lowest BCUT2D eigenvalue weighted by atomic mass is 10.3. The van der Waals surface area contributed by atoms with Crippen LogP contribution in [-0.4, -0.2) is 31.6 Å². The van der Waals surface area contributed by atoms with Gasteiger partial charge in [0.15, 0.2) is 0 Å². The van der Waals surface area contributed by atoms with Crippen molar-refractivity contribution < 1.29 is 9.21 Å². The summed E-state index contributed by atoms with van der Waals surface area (Å²) in [5, 5.41) is 14.7. The number of amides is 1. The van der Waals surface area contributed by atoms with Gasteiger partial charge in [-0.2, -0.15) is 5.10 Å². The average molecular weight is 357 g/mol. The van der Waals surface area contributed by atoms with Crippen LogP contribution in [0.1, 0.15) is 29.0 Å². The first-order valence-electron chi connectivity index (χ1n) is 8.01. The fourth-order valence-corrected chi connectivity index (χ4v) is 3.17. The maximum Gasteiger partial charge on any atom is 0.322 e. The molecule has 8 heteroatoms. The molecule has 0 fully saturated rings. The zero-order valence-electron chi connectivity index (χ0n) is 14.1. The molecule has 0 radical (unpaired) electrons. The standard InChI is InChI=1S/C17H19N5O2S/c1-3-22-14(11-12(2)21-22)16(23)18-17-20-19-15(24-17)9-10-25-13-7-5-4-6-8-13/h4-8,11H,3,9-10H2,1-2H3,(H,18,20,23). The van der Waals surface area contributed by atoms with Crippen LogP contribution in [0.25, 0.3) is 0 Å². The molecule has 7 nitrogen and oxygen atoms in total. The molecule has 3 rings (SSSR count). The molecule has 0 aliphatic rings. The quantitative estimate of drug-likeness (QED) is 0.654. The highest BCUT2D eigenvalue weighted by molar-refractivity contribution is 7.99. The highest BCUT2D eigenvalue weighted by Crippen LogP contribution is 2.18. The number of hydrogen-bond donors (Lipinski definition) is 1. The van der Waals surface area contributed by atoms with Crippen LogP contribution in [0.2, 0.25) is 0 Å². The number of thioether (sulfide) groups is 1. The van der Waals surface area contributed by atoms with Crippen LogP contribution < -0.4 is 5.32 Å². The molecule has 1 N–H and O–H groups in total. The Morgan fingerprint density at radius 2 is 2.08 bits per heavy atom. The van der Waals surface area contributed by atoms with Crippen LogP contribution in [0, 0.1) is 6.92 Å². The van der Waals surface area contributed by atoms with Gasteiger partial charge in [0.25, 0.3) is 5.91 Å². The summed E-state index contributed by atoms with van der Waals surface area (Å²) in [6.07, 6.45) is 0.633. The Bertz CT molecular complexity index is 844. The van der Waals surface area contributed by atoms with Gasteiger partial charge in [0.2, 0.25) is 5.89 Å². The minimum Gasteiger partial charge on any atom is -0.408 e. The van der Waals surface area contributed by atoms with E-state index in [0.717, 1.165) is 11.4 Å². The van der Waals surface area contributed by atoms with Crippen molar-refractivity contribution in [2.24, 2.45) is 0 Å². The van der Waals surface area contributed by atoms with Crippen LogP contribution in [-0.2, 0) is 13.0 Å². The topological polar surface area (TPSA) is 85.8 Å². The van der Waals surface area contributed by atoms with Gasteiger partial charge in [0.05, 0.1) is 5.69 Å². The van der Waals surface area contributed by atoms with Crippen molar-refractivity contribution in [2.75, 3.05) is 11.1 Å². The van der Waals surface area contributed by atoms with Crippen molar-refractivity contribution in [3.8, 4) is 0 Å². The molecule has 0 atom stereocenters.